The monoisotopic (exact) mass is 354 g/mol. The summed E-state index contributed by atoms with van der Waals surface area (Å²) in [5.74, 6) is 1.45. The third-order valence-corrected chi connectivity index (χ3v) is 5.32. The topological polar surface area (TPSA) is 60.2 Å². The second-order valence-corrected chi connectivity index (χ2v) is 7.11. The maximum absolute atomic E-state index is 12.5. The molecule has 1 saturated heterocycles. The molecule has 0 amide bonds. The molecule has 4 rings (SSSR count). The fourth-order valence-corrected chi connectivity index (χ4v) is 3.83. The van der Waals surface area contributed by atoms with Crippen LogP contribution >= 0.6 is 0 Å². The summed E-state index contributed by atoms with van der Waals surface area (Å²) in [5, 5.41) is 10.9. The standard InChI is InChI=1S/C21H23NO4/c23-18(16-6-7-19-20(14-16)26-13-12-25-19)8-10-22-11-9-21(24,15-22)17-4-2-1-3-5-17/h1-7,14,24H,8-13,15H2/p+1/t21-/m0/s1. The van der Waals surface area contributed by atoms with Gasteiger partial charge in [-0.2, -0.15) is 0 Å². The summed E-state index contributed by atoms with van der Waals surface area (Å²) in [6.45, 7) is 3.30. The third kappa shape index (κ3) is 3.45. The molecule has 1 unspecified atom stereocenters. The summed E-state index contributed by atoms with van der Waals surface area (Å²) in [4.78, 5) is 13.8. The Labute approximate surface area is 153 Å². The summed E-state index contributed by atoms with van der Waals surface area (Å²) >= 11 is 0. The first-order chi connectivity index (χ1) is 12.6. The molecule has 5 heteroatoms. The maximum atomic E-state index is 12.5. The quantitative estimate of drug-likeness (QED) is 0.793. The number of ether oxygens (including phenoxy) is 2. The molecule has 0 spiro atoms. The molecule has 2 heterocycles. The number of benzene rings is 2. The minimum Gasteiger partial charge on any atom is -0.486 e. The van der Waals surface area contributed by atoms with Gasteiger partial charge < -0.3 is 19.5 Å². The Balaban J connectivity index is 1.35. The van der Waals surface area contributed by atoms with Gasteiger partial charge in [-0.15, -0.1) is 0 Å². The van der Waals surface area contributed by atoms with Crippen LogP contribution in [0.5, 0.6) is 11.5 Å². The lowest BCUT2D eigenvalue weighted by molar-refractivity contribution is -0.890. The summed E-state index contributed by atoms with van der Waals surface area (Å²) in [5.41, 5.74) is 0.843. The van der Waals surface area contributed by atoms with E-state index in [0.717, 1.165) is 25.1 Å². The number of aliphatic hydroxyl groups is 1. The predicted octanol–water partition coefficient (Wildman–Crippen LogP) is 1.21. The molecule has 0 bridgehead atoms. The van der Waals surface area contributed by atoms with Crippen molar-refractivity contribution in [3.8, 4) is 11.5 Å². The smallest absolute Gasteiger partial charge is 0.168 e. The molecule has 2 N–H and O–H groups in total. The zero-order valence-corrected chi connectivity index (χ0v) is 14.7. The average molecular weight is 354 g/mol. The first kappa shape index (κ1) is 17.1. The van der Waals surface area contributed by atoms with E-state index < -0.39 is 5.60 Å². The van der Waals surface area contributed by atoms with Gasteiger partial charge in [-0.05, 0) is 23.8 Å². The Kier molecular flexibility index (Phi) is 4.66. The van der Waals surface area contributed by atoms with E-state index in [4.69, 9.17) is 9.47 Å². The molecule has 0 aliphatic carbocycles. The number of fused-ring (bicyclic) bond motifs is 1. The van der Waals surface area contributed by atoms with Gasteiger partial charge in [0.25, 0.3) is 0 Å². The Morgan fingerprint density at radius 2 is 1.85 bits per heavy atom. The van der Waals surface area contributed by atoms with Gasteiger partial charge in [-0.1, -0.05) is 30.3 Å². The molecule has 2 aromatic rings. The minimum absolute atomic E-state index is 0.102. The van der Waals surface area contributed by atoms with Crippen LogP contribution in [-0.2, 0) is 5.60 Å². The minimum atomic E-state index is -0.781. The second kappa shape index (κ2) is 7.09. The number of likely N-dealkylation sites (tertiary alicyclic amines) is 1. The van der Waals surface area contributed by atoms with Crippen molar-refractivity contribution in [1.29, 1.82) is 0 Å². The van der Waals surface area contributed by atoms with Crippen LogP contribution in [0.2, 0.25) is 0 Å². The molecule has 0 aromatic heterocycles. The molecule has 0 radical (unpaired) electrons. The van der Waals surface area contributed by atoms with Gasteiger partial charge >= 0.3 is 0 Å². The third-order valence-electron chi connectivity index (χ3n) is 5.32. The molecule has 2 aliphatic rings. The van der Waals surface area contributed by atoms with Crippen LogP contribution in [0.3, 0.4) is 0 Å². The van der Waals surface area contributed by atoms with Gasteiger partial charge in [0.05, 0.1) is 19.5 Å². The number of Topliss-reactive ketones (excluding diaryl/α,β-unsaturated/α-hetero) is 1. The van der Waals surface area contributed by atoms with Crippen molar-refractivity contribution in [2.24, 2.45) is 0 Å². The first-order valence-electron chi connectivity index (χ1n) is 9.18. The van der Waals surface area contributed by atoms with E-state index in [0.29, 0.717) is 43.2 Å². The lowest BCUT2D eigenvalue weighted by atomic mass is 9.93. The largest absolute Gasteiger partial charge is 0.486 e. The summed E-state index contributed by atoms with van der Waals surface area (Å²) in [6, 6.07) is 15.2. The van der Waals surface area contributed by atoms with Gasteiger partial charge in [0.1, 0.15) is 25.4 Å². The van der Waals surface area contributed by atoms with Gasteiger partial charge in [0, 0.05) is 12.0 Å². The van der Waals surface area contributed by atoms with Gasteiger partial charge in [-0.3, -0.25) is 4.79 Å². The number of hydrogen-bond acceptors (Lipinski definition) is 4. The Morgan fingerprint density at radius 3 is 2.65 bits per heavy atom. The number of rotatable bonds is 5. The highest BCUT2D eigenvalue weighted by Gasteiger charge is 2.40. The highest BCUT2D eigenvalue weighted by molar-refractivity contribution is 5.96. The van der Waals surface area contributed by atoms with Crippen molar-refractivity contribution in [2.45, 2.75) is 18.4 Å². The van der Waals surface area contributed by atoms with Crippen LogP contribution < -0.4 is 14.4 Å². The fourth-order valence-electron chi connectivity index (χ4n) is 3.83. The molecule has 2 aliphatic heterocycles. The molecule has 26 heavy (non-hydrogen) atoms. The van der Waals surface area contributed by atoms with Gasteiger partial charge in [0.15, 0.2) is 17.3 Å². The molecule has 5 nitrogen and oxygen atoms in total. The van der Waals surface area contributed by atoms with Crippen molar-refractivity contribution in [3.05, 3.63) is 59.7 Å². The van der Waals surface area contributed by atoms with Crippen LogP contribution in [0.4, 0.5) is 0 Å². The zero-order valence-electron chi connectivity index (χ0n) is 14.7. The van der Waals surface area contributed by atoms with Crippen LogP contribution in [0.1, 0.15) is 28.8 Å². The number of carbonyl (C=O) groups excluding carboxylic acids is 1. The molecule has 136 valence electrons. The highest BCUT2D eigenvalue weighted by atomic mass is 16.6. The maximum Gasteiger partial charge on any atom is 0.168 e. The number of quaternary nitrogens is 1. The van der Waals surface area contributed by atoms with Gasteiger partial charge in [-0.25, -0.2) is 0 Å². The van der Waals surface area contributed by atoms with Crippen molar-refractivity contribution in [2.75, 3.05) is 32.8 Å². The lowest BCUT2D eigenvalue weighted by Crippen LogP contribution is -3.10. The summed E-state index contributed by atoms with van der Waals surface area (Å²) in [7, 11) is 0. The zero-order chi connectivity index (χ0) is 18.0. The molecule has 2 atom stereocenters. The van der Waals surface area contributed by atoms with Crippen LogP contribution in [0.25, 0.3) is 0 Å². The van der Waals surface area contributed by atoms with Crippen LogP contribution in [-0.4, -0.2) is 43.7 Å². The predicted molar refractivity (Wildman–Crippen MR) is 96.9 cm³/mol. The number of hydrogen-bond donors (Lipinski definition) is 2. The van der Waals surface area contributed by atoms with E-state index in [-0.39, 0.29) is 5.78 Å². The Bertz CT molecular complexity index is 792. The van der Waals surface area contributed by atoms with Crippen LogP contribution in [0.15, 0.2) is 48.5 Å². The molecular formula is C21H24NO4+. The van der Waals surface area contributed by atoms with Crippen molar-refractivity contribution in [1.82, 2.24) is 0 Å². The van der Waals surface area contributed by atoms with Gasteiger partial charge in [0.2, 0.25) is 0 Å². The van der Waals surface area contributed by atoms with E-state index >= 15 is 0 Å². The lowest BCUT2D eigenvalue weighted by Gasteiger charge is -2.21. The first-order valence-corrected chi connectivity index (χ1v) is 9.18. The fraction of sp³-hybridized carbons (Fsp3) is 0.381. The van der Waals surface area contributed by atoms with E-state index in [2.05, 4.69) is 0 Å². The highest BCUT2D eigenvalue weighted by Crippen LogP contribution is 2.31. The van der Waals surface area contributed by atoms with Crippen molar-refractivity contribution >= 4 is 5.78 Å². The number of ketones is 1. The average Bonchev–Trinajstić information content (AvgIpc) is 3.09. The second-order valence-electron chi connectivity index (χ2n) is 7.11. The number of nitrogens with one attached hydrogen (secondary N) is 1. The van der Waals surface area contributed by atoms with E-state index in [9.17, 15) is 9.90 Å². The van der Waals surface area contributed by atoms with E-state index in [1.807, 2.05) is 30.3 Å². The van der Waals surface area contributed by atoms with Crippen molar-refractivity contribution < 1.29 is 24.3 Å². The van der Waals surface area contributed by atoms with Crippen LogP contribution in [0, 0.1) is 0 Å². The normalized spacial score (nSPS) is 24.4. The molecule has 0 saturated carbocycles. The molecule has 2 aromatic carbocycles. The van der Waals surface area contributed by atoms with Crippen molar-refractivity contribution in [3.63, 3.8) is 0 Å². The summed E-state index contributed by atoms with van der Waals surface area (Å²) < 4.78 is 11.0. The summed E-state index contributed by atoms with van der Waals surface area (Å²) in [6.07, 6.45) is 1.18. The molecular weight excluding hydrogens is 330 g/mol. The Hall–Kier alpha value is -2.37. The van der Waals surface area contributed by atoms with E-state index in [1.54, 1.807) is 18.2 Å². The molecule has 1 fully saturated rings. The Morgan fingerprint density at radius 1 is 1.08 bits per heavy atom. The van der Waals surface area contributed by atoms with E-state index in [1.165, 1.54) is 4.90 Å². The number of carbonyl (C=O) groups is 1. The SMILES string of the molecule is O=C(CC[NH+]1CC[C@@](O)(c2ccccc2)C1)c1ccc2c(c1)OCCO2.